The number of ether oxygens (including phenoxy) is 2. The lowest BCUT2D eigenvalue weighted by Gasteiger charge is -2.32. The number of alkyl halides is 3. The third-order valence-corrected chi connectivity index (χ3v) is 5.18. The summed E-state index contributed by atoms with van der Waals surface area (Å²) in [5.74, 6) is -5.18. The second kappa shape index (κ2) is 6.55. The van der Waals surface area contributed by atoms with Gasteiger partial charge in [0.2, 0.25) is 5.82 Å². The molecule has 0 bridgehead atoms. The summed E-state index contributed by atoms with van der Waals surface area (Å²) in [5.41, 5.74) is -2.71. The van der Waals surface area contributed by atoms with Crippen LogP contribution < -0.4 is 4.74 Å². The zero-order valence-electron chi connectivity index (χ0n) is 15.0. The highest BCUT2D eigenvalue weighted by Crippen LogP contribution is 2.59. The Balaban J connectivity index is 2.80. The Kier molecular flexibility index (Phi) is 5.09. The molecule has 1 aromatic carbocycles. The predicted molar refractivity (Wildman–Crippen MR) is 84.5 cm³/mol. The minimum absolute atomic E-state index is 0.0528. The van der Waals surface area contributed by atoms with Gasteiger partial charge in [-0.2, -0.15) is 17.6 Å². The van der Waals surface area contributed by atoms with Gasteiger partial charge in [0.1, 0.15) is 0 Å². The molecule has 1 aliphatic carbocycles. The van der Waals surface area contributed by atoms with Crippen molar-refractivity contribution in [2.75, 3.05) is 14.2 Å². The van der Waals surface area contributed by atoms with Crippen LogP contribution in [0.15, 0.2) is 11.6 Å². The van der Waals surface area contributed by atoms with Crippen molar-refractivity contribution in [3.63, 3.8) is 0 Å². The molecule has 0 saturated carbocycles. The topological polar surface area (TPSA) is 35.5 Å². The first-order chi connectivity index (χ1) is 11.9. The van der Waals surface area contributed by atoms with E-state index in [2.05, 4.69) is 4.74 Å². The van der Waals surface area contributed by atoms with Crippen LogP contribution in [0.5, 0.6) is 5.75 Å². The molecule has 2 atom stereocenters. The first kappa shape index (κ1) is 20.2. The van der Waals surface area contributed by atoms with Crippen LogP contribution in [0.2, 0.25) is 0 Å². The smallest absolute Gasteiger partial charge is 0.395 e. The molecule has 0 aliphatic heterocycles. The van der Waals surface area contributed by atoms with Crippen molar-refractivity contribution >= 4 is 11.5 Å². The Labute approximate surface area is 147 Å². The molecule has 0 aromatic heterocycles. The Hall–Kier alpha value is -2.12. The van der Waals surface area contributed by atoms with Crippen LogP contribution in [0.1, 0.15) is 31.4 Å². The minimum atomic E-state index is -4.62. The first-order valence-electron chi connectivity index (χ1n) is 7.81. The number of allylic oxidation sites excluding steroid dienone is 1. The number of hydrogen-bond acceptors (Lipinski definition) is 3. The number of aryl methyl sites for hydroxylation is 1. The third kappa shape index (κ3) is 2.85. The maximum absolute atomic E-state index is 14.2. The highest BCUT2D eigenvalue weighted by molar-refractivity contribution is 6.00. The number of esters is 1. The molecule has 8 heteroatoms. The molecule has 144 valence electrons. The summed E-state index contributed by atoms with van der Waals surface area (Å²) >= 11 is 0. The van der Waals surface area contributed by atoms with Gasteiger partial charge in [-0.25, -0.2) is 9.18 Å². The normalized spacial score (nSPS) is 23.4. The summed E-state index contributed by atoms with van der Waals surface area (Å²) in [6.07, 6.45) is -5.20. The van der Waals surface area contributed by atoms with Gasteiger partial charge in [0.15, 0.2) is 11.6 Å². The standard InChI is InChI=1S/C18H19F5O3/c1-8-6-10(15(25-4)14(20)13(8)19)11-7-17(3,18(21,22)23)9(2)12(11)16(24)26-5/h6,9H,7H2,1-5H3/t9-,17+/m1/s1. The monoisotopic (exact) mass is 378 g/mol. The number of benzene rings is 1. The number of rotatable bonds is 3. The fourth-order valence-electron chi connectivity index (χ4n) is 3.35. The zero-order valence-corrected chi connectivity index (χ0v) is 15.0. The van der Waals surface area contributed by atoms with E-state index in [-0.39, 0.29) is 22.3 Å². The lowest BCUT2D eigenvalue weighted by Crippen LogP contribution is -2.39. The average Bonchev–Trinajstić information content (AvgIpc) is 2.84. The molecular weight excluding hydrogens is 359 g/mol. The Morgan fingerprint density at radius 2 is 1.81 bits per heavy atom. The minimum Gasteiger partial charge on any atom is -0.493 e. The summed E-state index contributed by atoms with van der Waals surface area (Å²) in [5, 5.41) is 0. The number of halogens is 5. The van der Waals surface area contributed by atoms with Crippen molar-refractivity contribution < 1.29 is 36.2 Å². The summed E-state index contributed by atoms with van der Waals surface area (Å²) in [7, 11) is 2.13. The quantitative estimate of drug-likeness (QED) is 0.559. The molecule has 3 nitrogen and oxygen atoms in total. The van der Waals surface area contributed by atoms with Crippen LogP contribution >= 0.6 is 0 Å². The number of carbonyl (C=O) groups excluding carboxylic acids is 1. The maximum atomic E-state index is 14.2. The van der Waals surface area contributed by atoms with E-state index < -0.39 is 47.3 Å². The highest BCUT2D eigenvalue weighted by atomic mass is 19.4. The fraction of sp³-hybridized carbons (Fsp3) is 0.500. The van der Waals surface area contributed by atoms with Gasteiger partial charge in [0.25, 0.3) is 0 Å². The average molecular weight is 378 g/mol. The van der Waals surface area contributed by atoms with Gasteiger partial charge in [0, 0.05) is 17.1 Å². The molecule has 0 heterocycles. The van der Waals surface area contributed by atoms with E-state index in [9.17, 15) is 26.7 Å². The van der Waals surface area contributed by atoms with E-state index in [1.54, 1.807) is 0 Å². The van der Waals surface area contributed by atoms with Gasteiger partial charge in [-0.05, 0) is 30.5 Å². The van der Waals surface area contributed by atoms with Gasteiger partial charge >= 0.3 is 12.1 Å². The molecule has 0 amide bonds. The van der Waals surface area contributed by atoms with Crippen LogP contribution in [0, 0.1) is 29.9 Å². The molecule has 26 heavy (non-hydrogen) atoms. The van der Waals surface area contributed by atoms with Crippen molar-refractivity contribution in [2.45, 2.75) is 33.4 Å². The molecule has 1 aromatic rings. The number of methoxy groups -OCH3 is 2. The fourth-order valence-corrected chi connectivity index (χ4v) is 3.35. The second-order valence-electron chi connectivity index (χ2n) is 6.60. The molecule has 1 aliphatic rings. The molecule has 0 N–H and O–H groups in total. The van der Waals surface area contributed by atoms with Crippen molar-refractivity contribution in [2.24, 2.45) is 11.3 Å². The van der Waals surface area contributed by atoms with Gasteiger partial charge in [-0.3, -0.25) is 0 Å². The number of carbonyl (C=O) groups is 1. The molecular formula is C18H19F5O3. The number of hydrogen-bond donors (Lipinski definition) is 0. The van der Waals surface area contributed by atoms with E-state index in [4.69, 9.17) is 4.74 Å². The second-order valence-corrected chi connectivity index (χ2v) is 6.60. The van der Waals surface area contributed by atoms with Crippen LogP contribution in [0.25, 0.3) is 5.57 Å². The van der Waals surface area contributed by atoms with Crippen molar-refractivity contribution in [1.29, 1.82) is 0 Å². The predicted octanol–water partition coefficient (Wildman–Crippen LogP) is 4.82. The van der Waals surface area contributed by atoms with Crippen molar-refractivity contribution in [1.82, 2.24) is 0 Å². The third-order valence-electron chi connectivity index (χ3n) is 5.18. The van der Waals surface area contributed by atoms with E-state index in [1.807, 2.05) is 0 Å². The lowest BCUT2D eigenvalue weighted by atomic mass is 9.77. The molecule has 0 spiro atoms. The van der Waals surface area contributed by atoms with Crippen LogP contribution in [0.3, 0.4) is 0 Å². The van der Waals surface area contributed by atoms with Crippen LogP contribution in [-0.2, 0) is 9.53 Å². The van der Waals surface area contributed by atoms with Crippen LogP contribution in [0.4, 0.5) is 22.0 Å². The maximum Gasteiger partial charge on any atom is 0.395 e. The van der Waals surface area contributed by atoms with Crippen molar-refractivity contribution in [3.8, 4) is 5.75 Å². The summed E-state index contributed by atoms with van der Waals surface area (Å²) in [6.45, 7) is 3.54. The highest BCUT2D eigenvalue weighted by Gasteiger charge is 2.60. The van der Waals surface area contributed by atoms with E-state index in [0.29, 0.717) is 0 Å². The summed E-state index contributed by atoms with van der Waals surface area (Å²) in [6, 6.07) is 1.18. The Morgan fingerprint density at radius 3 is 2.27 bits per heavy atom. The SMILES string of the molecule is COC(=O)C1=C(c2cc(C)c(F)c(F)c2OC)C[C@](C)(C(F)(F)F)[C@@H]1C. The molecule has 0 radical (unpaired) electrons. The zero-order chi connectivity index (χ0) is 20.0. The van der Waals surface area contributed by atoms with Gasteiger partial charge in [-0.1, -0.05) is 13.8 Å². The molecule has 0 fully saturated rings. The van der Waals surface area contributed by atoms with Crippen molar-refractivity contribution in [3.05, 3.63) is 34.4 Å². The van der Waals surface area contributed by atoms with E-state index in [0.717, 1.165) is 21.1 Å². The molecule has 0 saturated heterocycles. The van der Waals surface area contributed by atoms with Crippen LogP contribution in [-0.4, -0.2) is 26.4 Å². The Morgan fingerprint density at radius 1 is 1.23 bits per heavy atom. The van der Waals surface area contributed by atoms with Gasteiger partial charge < -0.3 is 9.47 Å². The van der Waals surface area contributed by atoms with E-state index in [1.165, 1.54) is 19.9 Å². The lowest BCUT2D eigenvalue weighted by molar-refractivity contribution is -0.225. The van der Waals surface area contributed by atoms with Gasteiger partial charge in [0.05, 0.1) is 19.6 Å². The van der Waals surface area contributed by atoms with E-state index >= 15 is 0 Å². The summed E-state index contributed by atoms with van der Waals surface area (Å²) < 4.78 is 78.7. The van der Waals surface area contributed by atoms with Gasteiger partial charge in [-0.15, -0.1) is 0 Å². The largest absolute Gasteiger partial charge is 0.493 e. The molecule has 2 rings (SSSR count). The summed E-state index contributed by atoms with van der Waals surface area (Å²) in [4.78, 5) is 12.2. The first-order valence-corrected chi connectivity index (χ1v) is 7.81. The Bertz CT molecular complexity index is 782. The molecule has 0 unspecified atom stereocenters.